The van der Waals surface area contributed by atoms with Gasteiger partial charge in [-0.1, -0.05) is 35.5 Å². The number of ether oxygens (including phenoxy) is 4. The molecule has 6 heteroatoms. The van der Waals surface area contributed by atoms with Crippen LogP contribution >= 0.6 is 0 Å². The predicted octanol–water partition coefficient (Wildman–Crippen LogP) is 1.83. The first kappa shape index (κ1) is 14.1. The van der Waals surface area contributed by atoms with E-state index < -0.39 is 12.1 Å². The van der Waals surface area contributed by atoms with Crippen molar-refractivity contribution in [3.8, 4) is 0 Å². The summed E-state index contributed by atoms with van der Waals surface area (Å²) in [5.41, 5.74) is 1.78. The Hall–Kier alpha value is -1.47. The van der Waals surface area contributed by atoms with E-state index in [2.05, 4.69) is 5.16 Å². The Bertz CT molecular complexity index is 569. The third-order valence-electron chi connectivity index (χ3n) is 3.86. The first-order valence-corrected chi connectivity index (χ1v) is 7.49. The molecule has 3 aliphatic rings. The van der Waals surface area contributed by atoms with Gasteiger partial charge in [0.2, 0.25) is 0 Å². The predicted molar refractivity (Wildman–Crippen MR) is 77.1 cm³/mol. The minimum absolute atomic E-state index is 0.0278. The van der Waals surface area contributed by atoms with E-state index in [-0.39, 0.29) is 18.3 Å². The maximum Gasteiger partial charge on any atom is 0.193 e. The Morgan fingerprint density at radius 3 is 2.68 bits per heavy atom. The van der Waals surface area contributed by atoms with Crippen molar-refractivity contribution in [2.45, 2.75) is 50.8 Å². The van der Waals surface area contributed by atoms with Crippen LogP contribution in [0.25, 0.3) is 0 Å². The van der Waals surface area contributed by atoms with Gasteiger partial charge in [-0.15, -0.1) is 0 Å². The molecule has 3 aliphatic heterocycles. The summed E-state index contributed by atoms with van der Waals surface area (Å²) < 4.78 is 22.8. The normalized spacial score (nSPS) is 37.3. The first-order valence-electron chi connectivity index (χ1n) is 7.49. The molecule has 6 nitrogen and oxygen atoms in total. The fourth-order valence-electron chi connectivity index (χ4n) is 2.77. The SMILES string of the molecule is CC1(C)O[C@H]2O[C@H]([C@@H]3CO3)/C(=N\OCc3ccccc3)[C@H]2O1. The van der Waals surface area contributed by atoms with E-state index in [4.69, 9.17) is 23.8 Å². The zero-order valence-electron chi connectivity index (χ0n) is 12.6. The Morgan fingerprint density at radius 2 is 1.95 bits per heavy atom. The fourth-order valence-corrected chi connectivity index (χ4v) is 2.77. The second kappa shape index (κ2) is 5.31. The van der Waals surface area contributed by atoms with Gasteiger partial charge in [0, 0.05) is 0 Å². The summed E-state index contributed by atoms with van der Waals surface area (Å²) in [5.74, 6) is -0.676. The summed E-state index contributed by atoms with van der Waals surface area (Å²) >= 11 is 0. The molecule has 22 heavy (non-hydrogen) atoms. The van der Waals surface area contributed by atoms with Crippen LogP contribution in [0.1, 0.15) is 19.4 Å². The van der Waals surface area contributed by atoms with Gasteiger partial charge in [0.25, 0.3) is 0 Å². The molecule has 4 rings (SSSR count). The van der Waals surface area contributed by atoms with Crippen molar-refractivity contribution in [1.29, 1.82) is 0 Å². The minimum atomic E-state index is -0.676. The van der Waals surface area contributed by atoms with Crippen LogP contribution in [0, 0.1) is 0 Å². The second-order valence-electron chi connectivity index (χ2n) is 6.13. The highest BCUT2D eigenvalue weighted by atomic mass is 16.8. The van der Waals surface area contributed by atoms with E-state index in [1.165, 1.54) is 0 Å². The molecule has 1 aromatic rings. The van der Waals surface area contributed by atoms with E-state index in [9.17, 15) is 0 Å². The van der Waals surface area contributed by atoms with Crippen molar-refractivity contribution in [3.63, 3.8) is 0 Å². The lowest BCUT2D eigenvalue weighted by atomic mass is 10.1. The molecule has 118 valence electrons. The third-order valence-corrected chi connectivity index (χ3v) is 3.86. The average Bonchev–Trinajstić information content (AvgIpc) is 3.22. The standard InChI is InChI=1S/C16H19NO5/c1-16(2)21-14-12(13(11-9-18-11)20-15(14)22-16)17-19-8-10-6-4-3-5-7-10/h3-7,11,13-15H,8-9H2,1-2H3/b17-12+/t11-,13+,14+,15+/m0/s1. The number of fused-ring (bicyclic) bond motifs is 1. The number of epoxide rings is 1. The number of hydrogen-bond donors (Lipinski definition) is 0. The van der Waals surface area contributed by atoms with E-state index in [0.29, 0.717) is 18.9 Å². The molecule has 0 spiro atoms. The summed E-state index contributed by atoms with van der Waals surface area (Å²) in [7, 11) is 0. The number of nitrogens with zero attached hydrogens (tertiary/aromatic N) is 1. The molecule has 0 bridgehead atoms. The maximum atomic E-state index is 5.88. The van der Waals surface area contributed by atoms with Crippen molar-refractivity contribution in [2.24, 2.45) is 5.16 Å². The van der Waals surface area contributed by atoms with E-state index in [1.54, 1.807) is 0 Å². The highest BCUT2D eigenvalue weighted by Gasteiger charge is 2.57. The van der Waals surface area contributed by atoms with Gasteiger partial charge in [0.1, 0.15) is 24.5 Å². The fraction of sp³-hybridized carbons (Fsp3) is 0.562. The summed E-state index contributed by atoms with van der Waals surface area (Å²) in [5, 5.41) is 4.28. The summed E-state index contributed by atoms with van der Waals surface area (Å²) in [4.78, 5) is 5.51. The third kappa shape index (κ3) is 2.75. The monoisotopic (exact) mass is 305 g/mol. The van der Waals surface area contributed by atoms with E-state index >= 15 is 0 Å². The number of benzene rings is 1. The highest BCUT2D eigenvalue weighted by molar-refractivity contribution is 5.95. The lowest BCUT2D eigenvalue weighted by Crippen LogP contribution is -2.33. The topological polar surface area (TPSA) is 61.8 Å². The van der Waals surface area contributed by atoms with E-state index in [0.717, 1.165) is 5.56 Å². The molecule has 0 aliphatic carbocycles. The zero-order chi connectivity index (χ0) is 15.2. The van der Waals surface area contributed by atoms with Crippen LogP contribution in [0.5, 0.6) is 0 Å². The van der Waals surface area contributed by atoms with Crippen LogP contribution in [0.2, 0.25) is 0 Å². The summed E-state index contributed by atoms with van der Waals surface area (Å²) in [6.07, 6.45) is -0.995. The second-order valence-corrected chi connectivity index (χ2v) is 6.13. The molecular weight excluding hydrogens is 286 g/mol. The molecule has 0 aromatic heterocycles. The van der Waals surface area contributed by atoms with Crippen molar-refractivity contribution >= 4 is 5.71 Å². The van der Waals surface area contributed by atoms with Crippen LogP contribution in [0.3, 0.4) is 0 Å². The van der Waals surface area contributed by atoms with Gasteiger partial charge in [0.15, 0.2) is 18.2 Å². The molecule has 0 unspecified atom stereocenters. The van der Waals surface area contributed by atoms with Crippen LogP contribution in [-0.4, -0.2) is 42.7 Å². The van der Waals surface area contributed by atoms with Crippen LogP contribution in [0.4, 0.5) is 0 Å². The molecule has 0 saturated carbocycles. The van der Waals surface area contributed by atoms with Crippen LogP contribution in [-0.2, 0) is 30.4 Å². The van der Waals surface area contributed by atoms with Crippen molar-refractivity contribution in [2.75, 3.05) is 6.61 Å². The van der Waals surface area contributed by atoms with Crippen LogP contribution < -0.4 is 0 Å². The highest BCUT2D eigenvalue weighted by Crippen LogP contribution is 2.39. The molecule has 0 radical (unpaired) electrons. The van der Waals surface area contributed by atoms with Crippen LogP contribution in [0.15, 0.2) is 35.5 Å². The van der Waals surface area contributed by atoms with Crippen molar-refractivity contribution in [3.05, 3.63) is 35.9 Å². The Kier molecular flexibility index (Phi) is 3.41. The number of oxime groups is 1. The molecule has 4 atom stereocenters. The van der Waals surface area contributed by atoms with Gasteiger partial charge in [-0.25, -0.2) is 0 Å². The molecular formula is C16H19NO5. The van der Waals surface area contributed by atoms with Gasteiger partial charge >= 0.3 is 0 Å². The van der Waals surface area contributed by atoms with Gasteiger partial charge < -0.3 is 23.8 Å². The van der Waals surface area contributed by atoms with E-state index in [1.807, 2.05) is 44.2 Å². The number of rotatable bonds is 4. The zero-order valence-corrected chi connectivity index (χ0v) is 12.6. The Labute approximate surface area is 128 Å². The van der Waals surface area contributed by atoms with Crippen molar-refractivity contribution < 1.29 is 23.8 Å². The lowest BCUT2D eigenvalue weighted by Gasteiger charge is -2.20. The minimum Gasteiger partial charge on any atom is -0.391 e. The maximum absolute atomic E-state index is 5.88. The van der Waals surface area contributed by atoms with Crippen molar-refractivity contribution in [1.82, 2.24) is 0 Å². The lowest BCUT2D eigenvalue weighted by molar-refractivity contribution is -0.198. The molecule has 3 fully saturated rings. The van der Waals surface area contributed by atoms with Gasteiger partial charge in [-0.05, 0) is 19.4 Å². The van der Waals surface area contributed by atoms with Gasteiger partial charge in [0.05, 0.1) is 6.61 Å². The summed E-state index contributed by atoms with van der Waals surface area (Å²) in [6.45, 7) is 4.80. The molecule has 0 amide bonds. The molecule has 1 aromatic carbocycles. The molecule has 0 N–H and O–H groups in total. The number of hydrogen-bond acceptors (Lipinski definition) is 6. The van der Waals surface area contributed by atoms with Gasteiger partial charge in [-0.2, -0.15) is 0 Å². The average molecular weight is 305 g/mol. The molecule has 3 heterocycles. The largest absolute Gasteiger partial charge is 0.391 e. The Balaban J connectivity index is 1.48. The Morgan fingerprint density at radius 1 is 1.18 bits per heavy atom. The quantitative estimate of drug-likeness (QED) is 0.627. The first-order chi connectivity index (χ1) is 10.6. The van der Waals surface area contributed by atoms with Gasteiger partial charge in [-0.3, -0.25) is 0 Å². The smallest absolute Gasteiger partial charge is 0.193 e. The summed E-state index contributed by atoms with van der Waals surface area (Å²) in [6, 6.07) is 9.90. The molecule has 3 saturated heterocycles.